The Morgan fingerprint density at radius 3 is 2.43 bits per heavy atom. The van der Waals surface area contributed by atoms with Crippen LogP contribution in [0.25, 0.3) is 11.0 Å². The van der Waals surface area contributed by atoms with E-state index in [0.29, 0.717) is 34.9 Å². The van der Waals surface area contributed by atoms with Gasteiger partial charge < -0.3 is 19.0 Å². The first-order valence-electron chi connectivity index (χ1n) is 12.2. The molecule has 2 heterocycles. The maximum Gasteiger partial charge on any atom is 0.294 e. The van der Waals surface area contributed by atoms with Crippen molar-refractivity contribution in [2.75, 3.05) is 18.6 Å². The van der Waals surface area contributed by atoms with Gasteiger partial charge in [0.05, 0.1) is 25.3 Å². The second kappa shape index (κ2) is 9.85. The van der Waals surface area contributed by atoms with Gasteiger partial charge in [0.15, 0.2) is 23.0 Å². The number of Topliss-reactive ketones (excluding diaryl/α,β-unsaturated/α-hetero) is 1. The van der Waals surface area contributed by atoms with Gasteiger partial charge in [-0.1, -0.05) is 43.3 Å². The van der Waals surface area contributed by atoms with Crippen molar-refractivity contribution < 1.29 is 28.6 Å². The number of aliphatic hydroxyl groups is 1. The number of aryl methyl sites for hydroxylation is 1. The van der Waals surface area contributed by atoms with Crippen molar-refractivity contribution in [2.45, 2.75) is 26.3 Å². The van der Waals surface area contributed by atoms with E-state index < -0.39 is 23.5 Å². The highest BCUT2D eigenvalue weighted by Crippen LogP contribution is 2.44. The smallest absolute Gasteiger partial charge is 0.294 e. The number of ether oxygens (including phenoxy) is 2. The molecule has 1 amide bonds. The topological polar surface area (TPSA) is 89.2 Å². The molecule has 3 aromatic carbocycles. The van der Waals surface area contributed by atoms with Gasteiger partial charge in [0, 0.05) is 11.1 Å². The summed E-state index contributed by atoms with van der Waals surface area (Å²) >= 11 is 0. The van der Waals surface area contributed by atoms with Crippen LogP contribution in [-0.2, 0) is 11.2 Å². The van der Waals surface area contributed by atoms with E-state index in [9.17, 15) is 14.7 Å². The molecule has 0 spiro atoms. The van der Waals surface area contributed by atoms with Crippen LogP contribution in [0.1, 0.15) is 41.6 Å². The minimum atomic E-state index is -0.911. The molecule has 0 aliphatic carbocycles. The second-order valence-electron chi connectivity index (χ2n) is 8.68. The third kappa shape index (κ3) is 4.22. The van der Waals surface area contributed by atoms with Crippen molar-refractivity contribution in [3.05, 3.63) is 101 Å². The number of hydrogen-bond acceptors (Lipinski definition) is 6. The fourth-order valence-electron chi connectivity index (χ4n) is 4.67. The first-order valence-corrected chi connectivity index (χ1v) is 12.2. The number of rotatable bonds is 8. The minimum Gasteiger partial charge on any atom is -0.503 e. The minimum absolute atomic E-state index is 0.0438. The van der Waals surface area contributed by atoms with E-state index in [2.05, 4.69) is 0 Å². The number of ketones is 1. The van der Waals surface area contributed by atoms with Gasteiger partial charge in [0.1, 0.15) is 5.58 Å². The largest absolute Gasteiger partial charge is 0.503 e. The van der Waals surface area contributed by atoms with Crippen LogP contribution in [0.3, 0.4) is 0 Å². The molecule has 1 N–H and O–H groups in total. The van der Waals surface area contributed by atoms with Gasteiger partial charge in [-0.2, -0.15) is 0 Å². The van der Waals surface area contributed by atoms with Crippen LogP contribution < -0.4 is 14.4 Å². The number of para-hydroxylation sites is 1. The molecule has 0 saturated carbocycles. The third-order valence-electron chi connectivity index (χ3n) is 6.53. The molecule has 1 aromatic heterocycles. The van der Waals surface area contributed by atoms with Crippen molar-refractivity contribution in [1.82, 2.24) is 0 Å². The molecule has 0 bridgehead atoms. The monoisotopic (exact) mass is 497 g/mol. The summed E-state index contributed by atoms with van der Waals surface area (Å²) < 4.78 is 17.0. The Morgan fingerprint density at radius 2 is 1.76 bits per heavy atom. The lowest BCUT2D eigenvalue weighted by atomic mass is 9.94. The normalized spacial score (nSPS) is 15.5. The highest BCUT2D eigenvalue weighted by Gasteiger charge is 2.45. The quantitative estimate of drug-likeness (QED) is 0.292. The molecule has 37 heavy (non-hydrogen) atoms. The maximum absolute atomic E-state index is 13.8. The summed E-state index contributed by atoms with van der Waals surface area (Å²) in [6, 6.07) is 20.7. The SMILES string of the molecule is CCOc1cc(C2C(C(=O)c3cc4ccccc4o3)=C(O)C(=O)N2c2ccc(CC)cc2)ccc1OC. The first-order chi connectivity index (χ1) is 18.0. The lowest BCUT2D eigenvalue weighted by Gasteiger charge is -2.27. The van der Waals surface area contributed by atoms with E-state index in [1.54, 1.807) is 37.4 Å². The molecule has 1 unspecified atom stereocenters. The molecular formula is C30H27NO6. The van der Waals surface area contributed by atoms with Crippen molar-refractivity contribution in [1.29, 1.82) is 0 Å². The molecule has 0 saturated heterocycles. The van der Waals surface area contributed by atoms with E-state index in [0.717, 1.165) is 17.4 Å². The van der Waals surface area contributed by atoms with E-state index in [-0.39, 0.29) is 11.3 Å². The Hall–Kier alpha value is -4.52. The van der Waals surface area contributed by atoms with Crippen LogP contribution in [-0.4, -0.2) is 30.5 Å². The lowest BCUT2D eigenvalue weighted by Crippen LogP contribution is -2.31. The van der Waals surface area contributed by atoms with E-state index in [1.807, 2.05) is 56.3 Å². The van der Waals surface area contributed by atoms with Crippen molar-refractivity contribution in [3.63, 3.8) is 0 Å². The summed E-state index contributed by atoms with van der Waals surface area (Å²) in [5.74, 6) is -0.799. The Balaban J connectivity index is 1.67. The number of aliphatic hydroxyl groups excluding tert-OH is 1. The molecule has 1 aliphatic heterocycles. The number of anilines is 1. The van der Waals surface area contributed by atoms with Crippen LogP contribution in [0.5, 0.6) is 11.5 Å². The van der Waals surface area contributed by atoms with Crippen LogP contribution in [0, 0.1) is 0 Å². The van der Waals surface area contributed by atoms with Crippen molar-refractivity contribution in [2.24, 2.45) is 0 Å². The number of benzene rings is 3. The molecule has 1 atom stereocenters. The van der Waals surface area contributed by atoms with Gasteiger partial charge in [-0.3, -0.25) is 14.5 Å². The van der Waals surface area contributed by atoms with Gasteiger partial charge in [0.2, 0.25) is 5.78 Å². The van der Waals surface area contributed by atoms with Gasteiger partial charge in [-0.15, -0.1) is 0 Å². The predicted octanol–water partition coefficient (Wildman–Crippen LogP) is 6.19. The number of amides is 1. The molecule has 7 nitrogen and oxygen atoms in total. The Morgan fingerprint density at radius 1 is 1.00 bits per heavy atom. The lowest BCUT2D eigenvalue weighted by molar-refractivity contribution is -0.117. The number of hydrogen-bond donors (Lipinski definition) is 1. The number of carbonyl (C=O) groups is 2. The highest BCUT2D eigenvalue weighted by atomic mass is 16.5. The predicted molar refractivity (Wildman–Crippen MR) is 140 cm³/mol. The summed E-state index contributed by atoms with van der Waals surface area (Å²) in [7, 11) is 1.54. The van der Waals surface area contributed by atoms with Crippen LogP contribution in [0.4, 0.5) is 5.69 Å². The average molecular weight is 498 g/mol. The van der Waals surface area contributed by atoms with E-state index >= 15 is 0 Å². The molecule has 5 rings (SSSR count). The molecule has 188 valence electrons. The number of methoxy groups -OCH3 is 1. The Bertz CT molecular complexity index is 1480. The van der Waals surface area contributed by atoms with Crippen molar-refractivity contribution in [3.8, 4) is 11.5 Å². The van der Waals surface area contributed by atoms with E-state index in [4.69, 9.17) is 13.9 Å². The van der Waals surface area contributed by atoms with Crippen molar-refractivity contribution >= 4 is 28.3 Å². The van der Waals surface area contributed by atoms with E-state index in [1.165, 1.54) is 4.90 Å². The first kappa shape index (κ1) is 24.2. The van der Waals surface area contributed by atoms with Gasteiger partial charge in [-0.05, 0) is 60.9 Å². The Labute approximate surface area is 214 Å². The van der Waals surface area contributed by atoms with Gasteiger partial charge in [-0.25, -0.2) is 0 Å². The fourth-order valence-corrected chi connectivity index (χ4v) is 4.67. The third-order valence-corrected chi connectivity index (χ3v) is 6.53. The summed E-state index contributed by atoms with van der Waals surface area (Å²) in [6.45, 7) is 4.30. The zero-order chi connectivity index (χ0) is 26.1. The van der Waals surface area contributed by atoms with Crippen LogP contribution >= 0.6 is 0 Å². The summed E-state index contributed by atoms with van der Waals surface area (Å²) in [6.07, 6.45) is 0.840. The molecule has 7 heteroatoms. The summed E-state index contributed by atoms with van der Waals surface area (Å²) in [5, 5.41) is 11.8. The molecule has 1 aliphatic rings. The van der Waals surface area contributed by atoms with Gasteiger partial charge >= 0.3 is 0 Å². The fraction of sp³-hybridized carbons (Fsp3) is 0.200. The number of fused-ring (bicyclic) bond motifs is 1. The molecule has 0 fully saturated rings. The highest BCUT2D eigenvalue weighted by molar-refractivity contribution is 6.20. The Kier molecular flexibility index (Phi) is 6.44. The zero-order valence-corrected chi connectivity index (χ0v) is 20.9. The van der Waals surface area contributed by atoms with Gasteiger partial charge in [0.25, 0.3) is 5.91 Å². The summed E-state index contributed by atoms with van der Waals surface area (Å²) in [5.41, 5.74) is 2.73. The molecular weight excluding hydrogens is 470 g/mol. The zero-order valence-electron chi connectivity index (χ0n) is 20.9. The number of carbonyl (C=O) groups excluding carboxylic acids is 2. The number of nitrogens with zero attached hydrogens (tertiary/aromatic N) is 1. The molecule has 0 radical (unpaired) electrons. The maximum atomic E-state index is 13.8. The average Bonchev–Trinajstić information content (AvgIpc) is 3.47. The summed E-state index contributed by atoms with van der Waals surface area (Å²) in [4.78, 5) is 28.7. The van der Waals surface area contributed by atoms with Crippen LogP contribution in [0.15, 0.2) is 88.5 Å². The second-order valence-corrected chi connectivity index (χ2v) is 8.68. The standard InChI is InChI=1S/C30H27NO6/c1-4-18-10-13-21(14-11-18)31-27(20-12-15-23(35-3)24(17-20)36-5-2)26(29(33)30(31)34)28(32)25-16-19-8-6-7-9-22(19)37-25/h6-17,27,33H,4-5H2,1-3H3. The molecule has 4 aromatic rings. The van der Waals surface area contributed by atoms with Crippen LogP contribution in [0.2, 0.25) is 0 Å². The number of furan rings is 1.